The van der Waals surface area contributed by atoms with E-state index in [2.05, 4.69) is 6.66 Å². The van der Waals surface area contributed by atoms with Gasteiger partial charge in [-0.2, -0.15) is 0 Å². The van der Waals surface area contributed by atoms with Crippen molar-refractivity contribution >= 4 is 20.6 Å². The monoisotopic (exact) mass is 190 g/mol. The highest BCUT2D eigenvalue weighted by molar-refractivity contribution is 8.00. The van der Waals surface area contributed by atoms with E-state index < -0.39 is 0 Å². The first-order valence-electron chi connectivity index (χ1n) is 3.54. The van der Waals surface area contributed by atoms with Crippen molar-refractivity contribution in [2.24, 2.45) is 0 Å². The molecule has 0 saturated heterocycles. The van der Waals surface area contributed by atoms with Crippen LogP contribution in [0.15, 0.2) is 24.3 Å². The van der Waals surface area contributed by atoms with Crippen LogP contribution in [0.2, 0.25) is 0 Å². The van der Waals surface area contributed by atoms with Crippen molar-refractivity contribution in [3.8, 4) is 0 Å². The van der Waals surface area contributed by atoms with E-state index in [0.717, 1.165) is 12.0 Å². The molecular formula is C8H15OPS. The van der Waals surface area contributed by atoms with E-state index >= 15 is 0 Å². The van der Waals surface area contributed by atoms with Crippen LogP contribution in [0, 0.1) is 0 Å². The zero-order chi connectivity index (χ0) is 8.74. The van der Waals surface area contributed by atoms with Gasteiger partial charge in [0.05, 0.1) is 4.49 Å². The highest BCUT2D eigenvalue weighted by Crippen LogP contribution is 2.41. The Morgan fingerprint density at radius 3 is 1.91 bits per heavy atom. The minimum absolute atomic E-state index is 0.177. The molecule has 0 spiro atoms. The van der Waals surface area contributed by atoms with E-state index in [1.807, 2.05) is 38.2 Å². The topological polar surface area (TPSA) is 20.2 Å². The quantitative estimate of drug-likeness (QED) is 0.417. The van der Waals surface area contributed by atoms with Crippen molar-refractivity contribution in [3.05, 3.63) is 24.3 Å². The van der Waals surface area contributed by atoms with Gasteiger partial charge in [-0.3, -0.25) is 0 Å². The molecule has 1 nitrogen and oxygen atoms in total. The lowest BCUT2D eigenvalue weighted by Crippen LogP contribution is -2.09. The molecule has 0 aromatic heterocycles. The first-order chi connectivity index (χ1) is 5.24. The van der Waals surface area contributed by atoms with E-state index in [-0.39, 0.29) is 4.49 Å². The van der Waals surface area contributed by atoms with Crippen LogP contribution in [-0.4, -0.2) is 15.7 Å². The van der Waals surface area contributed by atoms with Gasteiger partial charge < -0.3 is 4.55 Å². The summed E-state index contributed by atoms with van der Waals surface area (Å²) in [5.74, 6) is 0. The lowest BCUT2D eigenvalue weighted by Gasteiger charge is -2.20. The molecule has 0 saturated carbocycles. The van der Waals surface area contributed by atoms with Crippen molar-refractivity contribution in [2.45, 2.75) is 18.3 Å². The summed E-state index contributed by atoms with van der Waals surface area (Å²) in [5.41, 5.74) is 0. The lowest BCUT2D eigenvalue weighted by atomic mass is 10.3. The summed E-state index contributed by atoms with van der Waals surface area (Å²) in [7, 11) is 0.672. The maximum absolute atomic E-state index is 9.06. The Bertz CT molecular complexity index is 136. The molecule has 0 fully saturated rings. The molecule has 3 heteroatoms. The van der Waals surface area contributed by atoms with Gasteiger partial charge in [0, 0.05) is 12.0 Å². The maximum Gasteiger partial charge on any atom is 0.0940 e. The predicted octanol–water partition coefficient (Wildman–Crippen LogP) is 3.35. The average Bonchev–Trinajstić information content (AvgIpc) is 2.04. The van der Waals surface area contributed by atoms with Gasteiger partial charge in [0.2, 0.25) is 0 Å². The van der Waals surface area contributed by atoms with Crippen molar-refractivity contribution < 1.29 is 4.55 Å². The average molecular weight is 190 g/mol. The molecule has 0 radical (unpaired) electrons. The Morgan fingerprint density at radius 2 is 1.73 bits per heavy atom. The van der Waals surface area contributed by atoms with Gasteiger partial charge in [0.15, 0.2) is 0 Å². The van der Waals surface area contributed by atoms with Crippen LogP contribution in [0.5, 0.6) is 0 Å². The van der Waals surface area contributed by atoms with Crippen LogP contribution in [0.1, 0.15) is 13.8 Å². The molecule has 0 aliphatic rings. The highest BCUT2D eigenvalue weighted by Gasteiger charge is 2.20. The molecule has 1 unspecified atom stereocenters. The minimum Gasteiger partial charge on any atom is -0.329 e. The molecular weight excluding hydrogens is 175 g/mol. The second-order valence-electron chi connectivity index (χ2n) is 2.13. The van der Waals surface area contributed by atoms with Gasteiger partial charge >= 0.3 is 0 Å². The third-order valence-electron chi connectivity index (χ3n) is 1.37. The fraction of sp³-hybridized carbons (Fsp3) is 0.500. The molecule has 1 atom stereocenters. The predicted molar refractivity (Wildman–Crippen MR) is 56.8 cm³/mol. The van der Waals surface area contributed by atoms with Gasteiger partial charge in [0.25, 0.3) is 0 Å². The van der Waals surface area contributed by atoms with Gasteiger partial charge in [-0.25, -0.2) is 0 Å². The van der Waals surface area contributed by atoms with Crippen LogP contribution in [0.4, 0.5) is 0 Å². The fourth-order valence-corrected chi connectivity index (χ4v) is 2.25. The largest absolute Gasteiger partial charge is 0.329 e. The number of hydrogen-bond donors (Lipinski definition) is 1. The smallest absolute Gasteiger partial charge is 0.0940 e. The van der Waals surface area contributed by atoms with Crippen molar-refractivity contribution in [3.63, 3.8) is 0 Å². The van der Waals surface area contributed by atoms with E-state index in [0.29, 0.717) is 8.58 Å². The van der Waals surface area contributed by atoms with Crippen molar-refractivity contribution in [1.82, 2.24) is 0 Å². The summed E-state index contributed by atoms with van der Waals surface area (Å²) in [4.78, 5) is 0. The second-order valence-corrected chi connectivity index (χ2v) is 4.68. The summed E-state index contributed by atoms with van der Waals surface area (Å²) in [5, 5.41) is 0. The Hall–Kier alpha value is 0.220. The van der Waals surface area contributed by atoms with E-state index in [9.17, 15) is 0 Å². The SMILES string of the molecule is CC=CC(C=CC)(PC)SO. The summed E-state index contributed by atoms with van der Waals surface area (Å²) in [6.45, 7) is 6.02. The third-order valence-corrected chi connectivity index (χ3v) is 3.95. The molecule has 0 aromatic carbocycles. The van der Waals surface area contributed by atoms with Gasteiger partial charge in [0.1, 0.15) is 0 Å². The normalized spacial score (nSPS) is 18.9. The van der Waals surface area contributed by atoms with Crippen LogP contribution in [0.25, 0.3) is 0 Å². The van der Waals surface area contributed by atoms with Crippen molar-refractivity contribution in [2.75, 3.05) is 6.66 Å². The van der Waals surface area contributed by atoms with E-state index in [1.54, 1.807) is 0 Å². The summed E-state index contributed by atoms with van der Waals surface area (Å²) >= 11 is 0.905. The van der Waals surface area contributed by atoms with Gasteiger partial charge in [-0.15, -0.1) is 0 Å². The Balaban J connectivity index is 4.45. The molecule has 0 heterocycles. The molecule has 64 valence electrons. The van der Waals surface area contributed by atoms with Crippen LogP contribution >= 0.6 is 20.6 Å². The summed E-state index contributed by atoms with van der Waals surface area (Å²) in [6.07, 6.45) is 7.99. The number of rotatable bonds is 4. The first-order valence-corrected chi connectivity index (χ1v) is 5.81. The molecule has 0 aliphatic carbocycles. The van der Waals surface area contributed by atoms with Gasteiger partial charge in [-0.05, 0) is 20.5 Å². The fourth-order valence-electron chi connectivity index (χ4n) is 0.824. The molecule has 0 aromatic rings. The molecule has 0 amide bonds. The van der Waals surface area contributed by atoms with Crippen LogP contribution in [0.3, 0.4) is 0 Å². The first kappa shape index (κ1) is 11.2. The maximum atomic E-state index is 9.06. The number of hydrogen-bond acceptors (Lipinski definition) is 2. The summed E-state index contributed by atoms with van der Waals surface area (Å²) in [6, 6.07) is 0. The molecule has 0 bridgehead atoms. The Labute approximate surface area is 75.0 Å². The standard InChI is InChI=1S/C8H15OPS/c1-4-6-8(10-3,11-9)7-5-2/h4-7,9-10H,1-3H3. The second kappa shape index (κ2) is 5.82. The minimum atomic E-state index is -0.177. The zero-order valence-corrected chi connectivity index (χ0v) is 8.98. The van der Waals surface area contributed by atoms with E-state index in [1.165, 1.54) is 0 Å². The Kier molecular flexibility index (Phi) is 5.93. The third kappa shape index (κ3) is 3.42. The highest BCUT2D eigenvalue weighted by atomic mass is 32.2. The lowest BCUT2D eigenvalue weighted by molar-refractivity contribution is 0.659. The van der Waals surface area contributed by atoms with E-state index in [4.69, 9.17) is 4.55 Å². The zero-order valence-electron chi connectivity index (χ0n) is 7.16. The number of allylic oxidation sites excluding steroid dienone is 2. The Morgan fingerprint density at radius 1 is 1.27 bits per heavy atom. The molecule has 0 rings (SSSR count). The molecule has 11 heavy (non-hydrogen) atoms. The summed E-state index contributed by atoms with van der Waals surface area (Å²) < 4.78 is 8.88. The van der Waals surface area contributed by atoms with Crippen LogP contribution in [-0.2, 0) is 0 Å². The molecule has 0 aliphatic heterocycles. The van der Waals surface area contributed by atoms with Crippen molar-refractivity contribution in [1.29, 1.82) is 0 Å². The van der Waals surface area contributed by atoms with Gasteiger partial charge in [-0.1, -0.05) is 32.9 Å². The molecule has 1 N–H and O–H groups in total. The van der Waals surface area contributed by atoms with Crippen LogP contribution < -0.4 is 0 Å².